The quantitative estimate of drug-likeness (QED) is 0.651. The van der Waals surface area contributed by atoms with E-state index in [2.05, 4.69) is 11.9 Å². The molecule has 1 fully saturated rings. The number of benzene rings is 1. The van der Waals surface area contributed by atoms with Gasteiger partial charge in [0.05, 0.1) is 11.6 Å². The van der Waals surface area contributed by atoms with Crippen molar-refractivity contribution in [2.75, 3.05) is 26.2 Å². The summed E-state index contributed by atoms with van der Waals surface area (Å²) in [5.74, 6) is -0.671. The van der Waals surface area contributed by atoms with Crippen molar-refractivity contribution < 1.29 is 17.6 Å². The van der Waals surface area contributed by atoms with Crippen LogP contribution < -0.4 is 5.32 Å². The van der Waals surface area contributed by atoms with Gasteiger partial charge in [-0.25, -0.2) is 4.39 Å². The number of halogens is 6. The smallest absolute Gasteiger partial charge is 0.314 e. The number of nitrogens with zero attached hydrogens (tertiary/aromatic N) is 1. The molecule has 0 unspecified atom stereocenters. The van der Waals surface area contributed by atoms with Gasteiger partial charge in [0, 0.05) is 26.2 Å². The monoisotopic (exact) mass is 360 g/mol. The summed E-state index contributed by atoms with van der Waals surface area (Å²) < 4.78 is 52.5. The standard InChI is InChI=1S/C14H16F4N2.2ClH/c1-2-13(20-7-5-19-6-8-20)11-9-10(15)3-4-12(11)14(16,17)18;;/h2-4,9,13,19H,1,5-8H2;2*1H/t13-;;/m0../s1. The molecule has 0 aromatic heterocycles. The van der Waals surface area contributed by atoms with E-state index in [9.17, 15) is 17.6 Å². The fraction of sp³-hybridized carbons (Fsp3) is 0.429. The SMILES string of the molecule is C=C[C@@H](c1cc(F)ccc1C(F)(F)F)N1CCNCC1.Cl.Cl. The van der Waals surface area contributed by atoms with Crippen LogP contribution in [0.1, 0.15) is 17.2 Å². The van der Waals surface area contributed by atoms with Crippen LogP contribution >= 0.6 is 24.8 Å². The van der Waals surface area contributed by atoms with Gasteiger partial charge in [-0.05, 0) is 23.8 Å². The summed E-state index contributed by atoms with van der Waals surface area (Å²) in [4.78, 5) is 1.87. The Kier molecular flexibility index (Phi) is 8.39. The molecule has 1 N–H and O–H groups in total. The Morgan fingerprint density at radius 1 is 1.18 bits per heavy atom. The van der Waals surface area contributed by atoms with Crippen molar-refractivity contribution in [2.24, 2.45) is 0 Å². The molecule has 1 aliphatic heterocycles. The summed E-state index contributed by atoms with van der Waals surface area (Å²) in [6.45, 7) is 6.21. The number of hydrogen-bond acceptors (Lipinski definition) is 2. The van der Waals surface area contributed by atoms with Crippen LogP contribution in [0.2, 0.25) is 0 Å². The summed E-state index contributed by atoms with van der Waals surface area (Å²) in [5.41, 5.74) is -0.878. The van der Waals surface area contributed by atoms with E-state index >= 15 is 0 Å². The van der Waals surface area contributed by atoms with Gasteiger partial charge >= 0.3 is 6.18 Å². The van der Waals surface area contributed by atoms with Crippen LogP contribution in [0.25, 0.3) is 0 Å². The minimum atomic E-state index is -4.50. The van der Waals surface area contributed by atoms with Crippen molar-refractivity contribution in [3.63, 3.8) is 0 Å². The van der Waals surface area contributed by atoms with Crippen LogP contribution in [-0.4, -0.2) is 31.1 Å². The molecule has 0 radical (unpaired) electrons. The van der Waals surface area contributed by atoms with Crippen molar-refractivity contribution in [1.82, 2.24) is 10.2 Å². The van der Waals surface area contributed by atoms with Crippen LogP contribution in [-0.2, 0) is 6.18 Å². The maximum Gasteiger partial charge on any atom is 0.416 e. The predicted octanol–water partition coefficient (Wildman–Crippen LogP) is 3.82. The largest absolute Gasteiger partial charge is 0.416 e. The molecule has 1 saturated heterocycles. The summed E-state index contributed by atoms with van der Waals surface area (Å²) >= 11 is 0. The maximum absolute atomic E-state index is 13.4. The lowest BCUT2D eigenvalue weighted by Gasteiger charge is -2.34. The van der Waals surface area contributed by atoms with Crippen molar-refractivity contribution in [1.29, 1.82) is 0 Å². The van der Waals surface area contributed by atoms with Gasteiger partial charge < -0.3 is 5.32 Å². The highest BCUT2D eigenvalue weighted by atomic mass is 35.5. The van der Waals surface area contributed by atoms with E-state index in [1.54, 1.807) is 0 Å². The molecule has 8 heteroatoms. The second-order valence-electron chi connectivity index (χ2n) is 4.70. The first kappa shape index (κ1) is 21.2. The second-order valence-corrected chi connectivity index (χ2v) is 4.70. The molecule has 0 saturated carbocycles. The average Bonchev–Trinajstić information content (AvgIpc) is 2.39. The number of rotatable bonds is 3. The Bertz CT molecular complexity index is 488. The van der Waals surface area contributed by atoms with Crippen molar-refractivity contribution in [3.05, 3.63) is 47.8 Å². The van der Waals surface area contributed by atoms with E-state index in [0.717, 1.165) is 18.2 Å². The van der Waals surface area contributed by atoms with E-state index in [-0.39, 0.29) is 30.4 Å². The molecule has 2 rings (SSSR count). The van der Waals surface area contributed by atoms with Gasteiger partial charge in [-0.15, -0.1) is 31.4 Å². The molecule has 0 aliphatic carbocycles. The Labute approximate surface area is 139 Å². The molecule has 1 heterocycles. The highest BCUT2D eigenvalue weighted by molar-refractivity contribution is 5.85. The van der Waals surface area contributed by atoms with E-state index < -0.39 is 23.6 Å². The molecule has 1 atom stereocenters. The second kappa shape index (κ2) is 8.72. The van der Waals surface area contributed by atoms with Crippen LogP contribution in [0.3, 0.4) is 0 Å². The van der Waals surface area contributed by atoms with Gasteiger partial charge in [0.25, 0.3) is 0 Å². The fourth-order valence-corrected chi connectivity index (χ4v) is 2.47. The molecule has 0 bridgehead atoms. The average molecular weight is 361 g/mol. The van der Waals surface area contributed by atoms with E-state index in [1.165, 1.54) is 6.08 Å². The fourth-order valence-electron chi connectivity index (χ4n) is 2.47. The normalized spacial score (nSPS) is 17.1. The molecule has 1 aromatic carbocycles. The number of alkyl halides is 3. The first-order chi connectivity index (χ1) is 9.43. The summed E-state index contributed by atoms with van der Waals surface area (Å²) in [6, 6.07) is 1.95. The lowest BCUT2D eigenvalue weighted by atomic mass is 9.97. The molecule has 1 aromatic rings. The Balaban J connectivity index is 0.00000220. The molecule has 0 amide bonds. The third-order valence-electron chi connectivity index (χ3n) is 3.41. The predicted molar refractivity (Wildman–Crippen MR) is 83.3 cm³/mol. The van der Waals surface area contributed by atoms with Crippen molar-refractivity contribution in [2.45, 2.75) is 12.2 Å². The first-order valence-corrected chi connectivity index (χ1v) is 6.37. The van der Waals surface area contributed by atoms with Gasteiger partial charge in [-0.3, -0.25) is 4.90 Å². The highest BCUT2D eigenvalue weighted by Gasteiger charge is 2.36. The van der Waals surface area contributed by atoms with Crippen LogP contribution in [0.4, 0.5) is 17.6 Å². The topological polar surface area (TPSA) is 15.3 Å². The first-order valence-electron chi connectivity index (χ1n) is 6.37. The molecule has 2 nitrogen and oxygen atoms in total. The summed E-state index contributed by atoms with van der Waals surface area (Å²) in [6.07, 6.45) is -3.06. The number of hydrogen-bond donors (Lipinski definition) is 1. The van der Waals surface area contributed by atoms with Gasteiger partial charge in [-0.1, -0.05) is 6.08 Å². The van der Waals surface area contributed by atoms with Crippen molar-refractivity contribution in [3.8, 4) is 0 Å². The molecule has 0 spiro atoms. The molecular formula is C14H18Cl2F4N2. The molecular weight excluding hydrogens is 343 g/mol. The van der Waals surface area contributed by atoms with E-state index in [4.69, 9.17) is 0 Å². The van der Waals surface area contributed by atoms with Crippen molar-refractivity contribution >= 4 is 24.8 Å². The highest BCUT2D eigenvalue weighted by Crippen LogP contribution is 2.37. The van der Waals surface area contributed by atoms with E-state index in [1.807, 2.05) is 4.90 Å². The third-order valence-corrected chi connectivity index (χ3v) is 3.41. The summed E-state index contributed by atoms with van der Waals surface area (Å²) in [7, 11) is 0. The number of piperazine rings is 1. The Morgan fingerprint density at radius 3 is 2.27 bits per heavy atom. The lowest BCUT2D eigenvalue weighted by Crippen LogP contribution is -2.45. The minimum Gasteiger partial charge on any atom is -0.314 e. The summed E-state index contributed by atoms with van der Waals surface area (Å²) in [5, 5.41) is 3.13. The molecule has 22 heavy (non-hydrogen) atoms. The van der Waals surface area contributed by atoms with Gasteiger partial charge in [0.15, 0.2) is 0 Å². The van der Waals surface area contributed by atoms with Gasteiger partial charge in [-0.2, -0.15) is 13.2 Å². The lowest BCUT2D eigenvalue weighted by molar-refractivity contribution is -0.138. The molecule has 1 aliphatic rings. The van der Waals surface area contributed by atoms with Crippen LogP contribution in [0, 0.1) is 5.82 Å². The van der Waals surface area contributed by atoms with Gasteiger partial charge in [0.1, 0.15) is 5.82 Å². The maximum atomic E-state index is 13.4. The van der Waals surface area contributed by atoms with Crippen LogP contribution in [0.5, 0.6) is 0 Å². The Morgan fingerprint density at radius 2 is 1.77 bits per heavy atom. The zero-order valence-corrected chi connectivity index (χ0v) is 13.3. The Hall–Kier alpha value is -0.820. The van der Waals surface area contributed by atoms with Gasteiger partial charge in [0.2, 0.25) is 0 Å². The zero-order chi connectivity index (χ0) is 14.8. The molecule has 126 valence electrons. The zero-order valence-electron chi connectivity index (χ0n) is 11.7. The minimum absolute atomic E-state index is 0. The van der Waals surface area contributed by atoms with Crippen LogP contribution in [0.15, 0.2) is 30.9 Å². The van der Waals surface area contributed by atoms with E-state index in [0.29, 0.717) is 26.2 Å². The third kappa shape index (κ3) is 4.84. The number of nitrogens with one attached hydrogen (secondary N) is 1.